The molecule has 0 aromatic heterocycles. The van der Waals surface area contributed by atoms with Crippen molar-refractivity contribution in [3.05, 3.63) is 34.9 Å². The Bertz CT molecular complexity index is 604. The van der Waals surface area contributed by atoms with Crippen LogP contribution in [-0.4, -0.2) is 13.7 Å². The van der Waals surface area contributed by atoms with Gasteiger partial charge in [0, 0.05) is 5.02 Å². The fourth-order valence-electron chi connectivity index (χ4n) is 2.79. The quantitative estimate of drug-likeness (QED) is 0.857. The van der Waals surface area contributed by atoms with Gasteiger partial charge in [-0.25, -0.2) is 8.42 Å². The lowest BCUT2D eigenvalue weighted by Crippen LogP contribution is -2.35. The number of rotatable bonds is 3. The van der Waals surface area contributed by atoms with Crippen LogP contribution in [0.2, 0.25) is 5.02 Å². The third kappa shape index (κ3) is 3.53. The number of benzene rings is 1. The van der Waals surface area contributed by atoms with Gasteiger partial charge in [0.2, 0.25) is 0 Å². The topological polar surface area (TPSA) is 57.9 Å². The van der Waals surface area contributed by atoms with Crippen LogP contribution in [0.5, 0.6) is 0 Å². The summed E-state index contributed by atoms with van der Waals surface area (Å²) < 4.78 is 25.1. The van der Waals surface area contributed by atoms with E-state index >= 15 is 0 Å². The lowest BCUT2D eigenvalue weighted by Gasteiger charge is -2.30. The van der Waals surface area contributed by atoms with Crippen molar-refractivity contribution in [1.82, 2.24) is 0 Å². The third-order valence-corrected chi connectivity index (χ3v) is 6.39. The molecular weight excluding hydrogens is 294 g/mol. The van der Waals surface area contributed by atoms with Gasteiger partial charge in [0.1, 0.15) is 0 Å². The van der Waals surface area contributed by atoms with Crippen molar-refractivity contribution in [2.24, 2.45) is 11.8 Å². The first-order valence-corrected chi connectivity index (χ1v) is 8.87. The van der Waals surface area contributed by atoms with E-state index < -0.39 is 15.1 Å². The summed E-state index contributed by atoms with van der Waals surface area (Å²) in [5.41, 5.74) is 0.726. The number of nitriles is 1. The Kier molecular flexibility index (Phi) is 4.72. The van der Waals surface area contributed by atoms with E-state index in [0.29, 0.717) is 23.8 Å². The van der Waals surface area contributed by atoms with E-state index in [1.165, 1.54) is 0 Å². The Hall–Kier alpha value is -1.05. The monoisotopic (exact) mass is 311 g/mol. The van der Waals surface area contributed by atoms with Crippen LogP contribution in [0.25, 0.3) is 0 Å². The molecule has 0 N–H and O–H groups in total. The van der Waals surface area contributed by atoms with E-state index in [9.17, 15) is 13.7 Å². The second-order valence-electron chi connectivity index (χ2n) is 5.63. The van der Waals surface area contributed by atoms with Gasteiger partial charge in [-0.15, -0.1) is 0 Å². The minimum absolute atomic E-state index is 0.0142. The number of sulfone groups is 1. The number of hydrogen-bond donors (Lipinski definition) is 0. The van der Waals surface area contributed by atoms with Gasteiger partial charge >= 0.3 is 0 Å². The molecule has 0 amide bonds. The van der Waals surface area contributed by atoms with E-state index in [4.69, 9.17) is 11.6 Å². The van der Waals surface area contributed by atoms with Crippen LogP contribution in [0.15, 0.2) is 24.3 Å². The van der Waals surface area contributed by atoms with E-state index in [0.717, 1.165) is 12.0 Å². The molecule has 3 unspecified atom stereocenters. The zero-order chi connectivity index (χ0) is 14.8. The maximum absolute atomic E-state index is 12.6. The number of hydrogen-bond acceptors (Lipinski definition) is 3. The van der Waals surface area contributed by atoms with Crippen molar-refractivity contribution in [2.45, 2.75) is 37.2 Å². The van der Waals surface area contributed by atoms with Gasteiger partial charge in [-0.3, -0.25) is 0 Å². The Morgan fingerprint density at radius 3 is 2.55 bits per heavy atom. The highest BCUT2D eigenvalue weighted by atomic mass is 35.5. The second kappa shape index (κ2) is 6.15. The first-order valence-electron chi connectivity index (χ1n) is 6.78. The molecule has 3 nitrogen and oxygen atoms in total. The van der Waals surface area contributed by atoms with Crippen LogP contribution in [0.4, 0.5) is 0 Å². The zero-order valence-corrected chi connectivity index (χ0v) is 13.0. The van der Waals surface area contributed by atoms with Crippen molar-refractivity contribution in [2.75, 3.05) is 0 Å². The molecule has 1 aromatic carbocycles. The summed E-state index contributed by atoms with van der Waals surface area (Å²) in [6, 6.07) is 9.02. The fourth-order valence-corrected chi connectivity index (χ4v) is 5.11. The molecule has 3 atom stereocenters. The normalized spacial score (nSPS) is 26.9. The summed E-state index contributed by atoms with van der Waals surface area (Å²) in [4.78, 5) is 0. The molecule has 1 fully saturated rings. The lowest BCUT2D eigenvalue weighted by atomic mass is 9.83. The Labute approximate surface area is 125 Å². The Morgan fingerprint density at radius 1 is 1.30 bits per heavy atom. The second-order valence-corrected chi connectivity index (χ2v) is 8.28. The van der Waals surface area contributed by atoms with Crippen LogP contribution in [0, 0.1) is 23.2 Å². The van der Waals surface area contributed by atoms with Gasteiger partial charge < -0.3 is 0 Å². The molecule has 0 bridgehead atoms. The average Bonchev–Trinajstić information content (AvgIpc) is 2.41. The molecule has 2 rings (SSSR count). The summed E-state index contributed by atoms with van der Waals surface area (Å²) >= 11 is 5.80. The van der Waals surface area contributed by atoms with Gasteiger partial charge in [-0.2, -0.15) is 5.26 Å². The zero-order valence-electron chi connectivity index (χ0n) is 11.4. The van der Waals surface area contributed by atoms with Crippen LogP contribution >= 0.6 is 11.6 Å². The van der Waals surface area contributed by atoms with Crippen molar-refractivity contribution in [3.8, 4) is 6.07 Å². The van der Waals surface area contributed by atoms with E-state index in [-0.39, 0.29) is 11.7 Å². The van der Waals surface area contributed by atoms with Crippen LogP contribution in [0.3, 0.4) is 0 Å². The largest absolute Gasteiger partial charge is 0.228 e. The summed E-state index contributed by atoms with van der Waals surface area (Å²) in [7, 11) is -3.31. The van der Waals surface area contributed by atoms with Gasteiger partial charge in [0.25, 0.3) is 0 Å². The van der Waals surface area contributed by atoms with Crippen molar-refractivity contribution < 1.29 is 8.42 Å². The van der Waals surface area contributed by atoms with Crippen LogP contribution in [-0.2, 0) is 15.6 Å². The molecule has 1 aliphatic carbocycles. The lowest BCUT2D eigenvalue weighted by molar-refractivity contribution is 0.334. The van der Waals surface area contributed by atoms with E-state index in [1.54, 1.807) is 24.3 Å². The molecule has 1 aromatic rings. The predicted octanol–water partition coefficient (Wildman–Crippen LogP) is 3.58. The number of halogens is 1. The Balaban J connectivity index is 2.20. The first-order chi connectivity index (χ1) is 9.42. The molecule has 0 radical (unpaired) electrons. The molecule has 0 spiro atoms. The highest BCUT2D eigenvalue weighted by molar-refractivity contribution is 7.91. The maximum Gasteiger partial charge on any atom is 0.158 e. The third-order valence-electron chi connectivity index (χ3n) is 3.96. The Morgan fingerprint density at radius 2 is 1.95 bits per heavy atom. The highest BCUT2D eigenvalue weighted by Crippen LogP contribution is 2.34. The first kappa shape index (κ1) is 15.3. The predicted molar refractivity (Wildman–Crippen MR) is 80.0 cm³/mol. The minimum atomic E-state index is -3.31. The summed E-state index contributed by atoms with van der Waals surface area (Å²) in [6.45, 7) is 2.05. The van der Waals surface area contributed by atoms with Gasteiger partial charge in [0.15, 0.2) is 9.84 Å². The van der Waals surface area contributed by atoms with Gasteiger partial charge in [-0.1, -0.05) is 30.7 Å². The van der Waals surface area contributed by atoms with Crippen LogP contribution in [0.1, 0.15) is 31.7 Å². The molecule has 5 heteroatoms. The van der Waals surface area contributed by atoms with Crippen LogP contribution < -0.4 is 0 Å². The molecule has 0 saturated heterocycles. The molecule has 0 aliphatic heterocycles. The molecule has 1 aliphatic rings. The smallest absolute Gasteiger partial charge is 0.158 e. The molecule has 1 saturated carbocycles. The van der Waals surface area contributed by atoms with Crippen molar-refractivity contribution in [1.29, 1.82) is 5.26 Å². The summed E-state index contributed by atoms with van der Waals surface area (Å²) in [5.74, 6) is -0.0205. The SMILES string of the molecule is CC1CCC(C#N)C(S(=O)(=O)Cc2ccc(Cl)cc2)C1. The van der Waals surface area contributed by atoms with Gasteiger partial charge in [0.05, 0.1) is 23.0 Å². The minimum Gasteiger partial charge on any atom is -0.228 e. The number of nitrogens with zero attached hydrogens (tertiary/aromatic N) is 1. The average molecular weight is 312 g/mol. The van der Waals surface area contributed by atoms with Crippen molar-refractivity contribution in [3.63, 3.8) is 0 Å². The summed E-state index contributed by atoms with van der Waals surface area (Å²) in [5, 5.41) is 9.24. The molecule has 0 heterocycles. The molecular formula is C15H18ClNO2S. The highest BCUT2D eigenvalue weighted by Gasteiger charge is 2.37. The standard InChI is InChI=1S/C15H18ClNO2S/c1-11-2-5-13(9-17)15(8-11)20(18,19)10-12-3-6-14(16)7-4-12/h3-4,6-7,11,13,15H,2,5,8,10H2,1H3. The van der Waals surface area contributed by atoms with E-state index in [1.807, 2.05) is 0 Å². The van der Waals surface area contributed by atoms with Gasteiger partial charge in [-0.05, 0) is 42.9 Å². The van der Waals surface area contributed by atoms with Crippen molar-refractivity contribution >= 4 is 21.4 Å². The maximum atomic E-state index is 12.6. The fraction of sp³-hybridized carbons (Fsp3) is 0.533. The van der Waals surface area contributed by atoms with E-state index in [2.05, 4.69) is 13.0 Å². The summed E-state index contributed by atoms with van der Waals surface area (Å²) in [6.07, 6.45) is 2.21. The molecule has 108 valence electrons. The molecule has 20 heavy (non-hydrogen) atoms.